The fourth-order valence-corrected chi connectivity index (χ4v) is 5.74. The van der Waals surface area contributed by atoms with Crippen molar-refractivity contribution < 1.29 is 17.6 Å². The summed E-state index contributed by atoms with van der Waals surface area (Å²) in [6.07, 6.45) is 0.971. The lowest BCUT2D eigenvalue weighted by Gasteiger charge is -2.34. The van der Waals surface area contributed by atoms with Crippen LogP contribution in [0.1, 0.15) is 41.8 Å². The molecular formula is C22H27FN2O3S. The van der Waals surface area contributed by atoms with Crippen molar-refractivity contribution in [1.29, 1.82) is 0 Å². The van der Waals surface area contributed by atoms with Gasteiger partial charge in [-0.2, -0.15) is 4.31 Å². The second-order valence-corrected chi connectivity index (χ2v) is 10.2. The molecule has 29 heavy (non-hydrogen) atoms. The maximum absolute atomic E-state index is 14.4. The quantitative estimate of drug-likeness (QED) is 0.802. The second kappa shape index (κ2) is 8.24. The first-order valence-electron chi connectivity index (χ1n) is 9.75. The van der Waals surface area contributed by atoms with Crippen molar-refractivity contribution in [2.24, 2.45) is 11.8 Å². The molecule has 1 aliphatic rings. The number of nitrogens with one attached hydrogen (secondary N) is 1. The highest BCUT2D eigenvalue weighted by molar-refractivity contribution is 7.89. The molecule has 2 atom stereocenters. The van der Waals surface area contributed by atoms with Crippen LogP contribution in [0.3, 0.4) is 0 Å². The van der Waals surface area contributed by atoms with E-state index in [1.165, 1.54) is 10.4 Å². The topological polar surface area (TPSA) is 66.5 Å². The van der Waals surface area contributed by atoms with Crippen LogP contribution in [0.5, 0.6) is 0 Å². The SMILES string of the molecule is Cc1cc(C)cc(NC(=O)c2cc(S(=O)(=O)N3C[C@H](C)C[C@@H](C)C3)ccc2F)c1. The first-order chi connectivity index (χ1) is 13.6. The van der Waals surface area contributed by atoms with E-state index >= 15 is 0 Å². The van der Waals surface area contributed by atoms with E-state index in [9.17, 15) is 17.6 Å². The maximum Gasteiger partial charge on any atom is 0.258 e. The number of sulfonamides is 1. The minimum Gasteiger partial charge on any atom is -0.322 e. The fraction of sp³-hybridized carbons (Fsp3) is 0.409. The van der Waals surface area contributed by atoms with E-state index in [0.29, 0.717) is 18.8 Å². The Hall–Kier alpha value is -2.25. The average molecular weight is 419 g/mol. The molecule has 0 spiro atoms. The Morgan fingerprint density at radius 3 is 2.21 bits per heavy atom. The number of carbonyl (C=O) groups excluding carboxylic acids is 1. The Bertz CT molecular complexity index is 1010. The van der Waals surface area contributed by atoms with Crippen LogP contribution in [0, 0.1) is 31.5 Å². The molecule has 2 aromatic rings. The number of benzene rings is 2. The highest BCUT2D eigenvalue weighted by Crippen LogP contribution is 2.28. The molecule has 1 N–H and O–H groups in total. The third-order valence-corrected chi connectivity index (χ3v) is 6.96. The van der Waals surface area contributed by atoms with Crippen LogP contribution in [0.2, 0.25) is 0 Å². The minimum absolute atomic E-state index is 0.0641. The number of carbonyl (C=O) groups is 1. The zero-order valence-electron chi connectivity index (χ0n) is 17.2. The van der Waals surface area contributed by atoms with E-state index in [1.807, 2.05) is 33.8 Å². The predicted octanol–water partition coefficient (Wildman–Crippen LogP) is 4.36. The van der Waals surface area contributed by atoms with Crippen LogP contribution < -0.4 is 5.32 Å². The second-order valence-electron chi connectivity index (χ2n) is 8.24. The molecule has 0 aliphatic carbocycles. The fourth-order valence-electron chi connectivity index (χ4n) is 4.04. The lowest BCUT2D eigenvalue weighted by Crippen LogP contribution is -2.42. The summed E-state index contributed by atoms with van der Waals surface area (Å²) < 4.78 is 42.0. The number of aryl methyl sites for hydroxylation is 2. The van der Waals surface area contributed by atoms with Gasteiger partial charge in [0.15, 0.2) is 0 Å². The van der Waals surface area contributed by atoms with Crippen LogP contribution in [-0.2, 0) is 10.0 Å². The van der Waals surface area contributed by atoms with Gasteiger partial charge >= 0.3 is 0 Å². The molecule has 1 saturated heterocycles. The monoisotopic (exact) mass is 418 g/mol. The number of halogens is 1. The Morgan fingerprint density at radius 1 is 1.03 bits per heavy atom. The highest BCUT2D eigenvalue weighted by atomic mass is 32.2. The first kappa shape index (κ1) is 21.5. The lowest BCUT2D eigenvalue weighted by atomic mass is 9.94. The van der Waals surface area contributed by atoms with Gasteiger partial charge in [0.1, 0.15) is 5.82 Å². The molecule has 0 aromatic heterocycles. The summed E-state index contributed by atoms with van der Waals surface area (Å²) >= 11 is 0. The Balaban J connectivity index is 1.90. The first-order valence-corrected chi connectivity index (χ1v) is 11.2. The number of rotatable bonds is 4. The van der Waals surface area contributed by atoms with E-state index in [2.05, 4.69) is 5.32 Å². The summed E-state index contributed by atoms with van der Waals surface area (Å²) in [6.45, 7) is 8.69. The number of hydrogen-bond acceptors (Lipinski definition) is 3. The molecule has 1 heterocycles. The number of amides is 1. The number of nitrogens with zero attached hydrogens (tertiary/aromatic N) is 1. The molecule has 1 fully saturated rings. The largest absolute Gasteiger partial charge is 0.322 e. The molecule has 3 rings (SSSR count). The van der Waals surface area contributed by atoms with Crippen molar-refractivity contribution >= 4 is 21.6 Å². The van der Waals surface area contributed by atoms with Crippen molar-refractivity contribution in [1.82, 2.24) is 4.31 Å². The third kappa shape index (κ3) is 4.85. The lowest BCUT2D eigenvalue weighted by molar-refractivity contribution is 0.102. The molecule has 2 aromatic carbocycles. The van der Waals surface area contributed by atoms with Gasteiger partial charge in [-0.1, -0.05) is 19.9 Å². The van der Waals surface area contributed by atoms with Crippen LogP contribution in [0.4, 0.5) is 10.1 Å². The summed E-state index contributed by atoms with van der Waals surface area (Å²) in [5.74, 6) is -0.932. The predicted molar refractivity (Wildman–Crippen MR) is 112 cm³/mol. The van der Waals surface area contributed by atoms with Crippen molar-refractivity contribution in [2.75, 3.05) is 18.4 Å². The van der Waals surface area contributed by atoms with Gasteiger partial charge < -0.3 is 5.32 Å². The molecule has 0 unspecified atom stereocenters. The average Bonchev–Trinajstić information content (AvgIpc) is 2.60. The Labute approximate surface area is 172 Å². The summed E-state index contributed by atoms with van der Waals surface area (Å²) in [5.41, 5.74) is 2.18. The van der Waals surface area contributed by atoms with Gasteiger partial charge in [-0.05, 0) is 73.6 Å². The highest BCUT2D eigenvalue weighted by Gasteiger charge is 2.32. The number of anilines is 1. The zero-order valence-corrected chi connectivity index (χ0v) is 18.0. The van der Waals surface area contributed by atoms with Gasteiger partial charge in [-0.15, -0.1) is 0 Å². The van der Waals surface area contributed by atoms with Gasteiger partial charge in [-0.25, -0.2) is 12.8 Å². The van der Waals surface area contributed by atoms with Crippen molar-refractivity contribution in [3.8, 4) is 0 Å². The molecule has 0 bridgehead atoms. The Morgan fingerprint density at radius 2 is 1.62 bits per heavy atom. The summed E-state index contributed by atoms with van der Waals surface area (Å²) in [4.78, 5) is 12.6. The van der Waals surface area contributed by atoms with Gasteiger partial charge in [0.05, 0.1) is 10.5 Å². The molecule has 1 amide bonds. The van der Waals surface area contributed by atoms with Gasteiger partial charge in [0, 0.05) is 18.8 Å². The standard InChI is InChI=1S/C22H27FN2O3S/c1-14-7-15(2)10-18(9-14)24-22(26)20-11-19(5-6-21(20)23)29(27,28)25-12-16(3)8-17(4)13-25/h5-7,9-11,16-17H,8,12-13H2,1-4H3,(H,24,26)/t16-,17-/m1/s1. The molecule has 1 aliphatic heterocycles. The maximum atomic E-state index is 14.4. The normalized spacial score (nSPS) is 20.4. The molecular weight excluding hydrogens is 391 g/mol. The minimum atomic E-state index is -3.80. The third-order valence-electron chi connectivity index (χ3n) is 5.14. The van der Waals surface area contributed by atoms with E-state index in [0.717, 1.165) is 29.7 Å². The van der Waals surface area contributed by atoms with Crippen molar-refractivity contribution in [3.63, 3.8) is 0 Å². The van der Waals surface area contributed by atoms with Gasteiger partial charge in [-0.3, -0.25) is 4.79 Å². The molecule has 0 saturated carbocycles. The van der Waals surface area contributed by atoms with E-state index in [4.69, 9.17) is 0 Å². The van der Waals surface area contributed by atoms with Crippen molar-refractivity contribution in [2.45, 2.75) is 39.0 Å². The van der Waals surface area contributed by atoms with E-state index < -0.39 is 21.7 Å². The van der Waals surface area contributed by atoms with Crippen molar-refractivity contribution in [3.05, 3.63) is 58.9 Å². The van der Waals surface area contributed by atoms with E-state index in [-0.39, 0.29) is 22.3 Å². The smallest absolute Gasteiger partial charge is 0.258 e. The van der Waals surface area contributed by atoms with Crippen LogP contribution in [-0.4, -0.2) is 31.7 Å². The van der Waals surface area contributed by atoms with E-state index in [1.54, 1.807) is 12.1 Å². The Kier molecular flexibility index (Phi) is 6.10. The molecule has 0 radical (unpaired) electrons. The summed E-state index contributed by atoms with van der Waals surface area (Å²) in [6, 6.07) is 8.92. The summed E-state index contributed by atoms with van der Waals surface area (Å²) in [7, 11) is -3.80. The van der Waals surface area contributed by atoms with Crippen LogP contribution in [0.15, 0.2) is 41.3 Å². The van der Waals surface area contributed by atoms with Crippen LogP contribution >= 0.6 is 0 Å². The number of hydrogen-bond donors (Lipinski definition) is 1. The van der Waals surface area contributed by atoms with Gasteiger partial charge in [0.25, 0.3) is 5.91 Å². The number of piperidine rings is 1. The van der Waals surface area contributed by atoms with Gasteiger partial charge in [0.2, 0.25) is 10.0 Å². The summed E-state index contributed by atoms with van der Waals surface area (Å²) in [5, 5.41) is 2.67. The molecule has 5 nitrogen and oxygen atoms in total. The molecule has 7 heteroatoms. The van der Waals surface area contributed by atoms with Crippen LogP contribution in [0.25, 0.3) is 0 Å². The zero-order chi connectivity index (χ0) is 21.3. The molecule has 156 valence electrons.